The van der Waals surface area contributed by atoms with Crippen molar-refractivity contribution in [3.05, 3.63) is 93.7 Å². The Morgan fingerprint density at radius 1 is 1.07 bits per heavy atom. The average molecular weight is 453 g/mol. The maximum atomic E-state index is 13.5. The maximum Gasteiger partial charge on any atom is 0.213 e. The first-order chi connectivity index (χ1) is 14.1. The summed E-state index contributed by atoms with van der Waals surface area (Å²) < 4.78 is 26.0. The molecule has 146 valence electrons. The molecule has 0 aromatic heterocycles. The third-order valence-corrected chi connectivity index (χ3v) is 5.82. The zero-order valence-electron chi connectivity index (χ0n) is 15.7. The Bertz CT molecular complexity index is 1080. The third kappa shape index (κ3) is 3.27. The minimum absolute atomic E-state index is 0.0448. The quantitative estimate of drug-likeness (QED) is 0.500. The highest BCUT2D eigenvalue weighted by atomic mass is 79.9. The molecule has 0 fully saturated rings. The molecule has 0 saturated carbocycles. The van der Waals surface area contributed by atoms with E-state index in [1.807, 2.05) is 41.4 Å². The van der Waals surface area contributed by atoms with Crippen molar-refractivity contribution < 1.29 is 13.9 Å². The summed E-state index contributed by atoms with van der Waals surface area (Å²) in [7, 11) is 1.65. The fourth-order valence-corrected chi connectivity index (χ4v) is 4.24. The first-order valence-corrected chi connectivity index (χ1v) is 10.1. The molecular formula is C23H18BrFN2O2. The lowest BCUT2D eigenvalue weighted by Crippen LogP contribution is -2.33. The molecule has 2 heterocycles. The maximum absolute atomic E-state index is 13.5. The molecule has 0 unspecified atom stereocenters. The zero-order valence-corrected chi connectivity index (χ0v) is 17.3. The Balaban J connectivity index is 1.57. The van der Waals surface area contributed by atoms with Crippen LogP contribution in [0.15, 0.2) is 76.3 Å². The van der Waals surface area contributed by atoms with Crippen molar-refractivity contribution in [2.45, 2.75) is 18.7 Å². The predicted molar refractivity (Wildman–Crippen MR) is 113 cm³/mol. The fraction of sp³-hybridized carbons (Fsp3) is 0.174. The number of halogens is 2. The van der Waals surface area contributed by atoms with Gasteiger partial charge in [0, 0.05) is 22.0 Å². The van der Waals surface area contributed by atoms with Gasteiger partial charge in [-0.25, -0.2) is 9.40 Å². The highest BCUT2D eigenvalue weighted by Gasteiger charge is 2.41. The van der Waals surface area contributed by atoms with Gasteiger partial charge in [-0.15, -0.1) is 0 Å². The molecular weight excluding hydrogens is 435 g/mol. The Hall–Kier alpha value is -2.86. The van der Waals surface area contributed by atoms with Crippen LogP contribution in [0.2, 0.25) is 0 Å². The molecule has 3 aromatic rings. The number of rotatable bonds is 3. The summed E-state index contributed by atoms with van der Waals surface area (Å²) in [5.74, 6) is 1.37. The molecule has 0 bridgehead atoms. The molecule has 0 N–H and O–H groups in total. The van der Waals surface area contributed by atoms with E-state index >= 15 is 0 Å². The number of hydrogen-bond donors (Lipinski definition) is 0. The largest absolute Gasteiger partial charge is 0.497 e. The molecule has 2 aliphatic heterocycles. The molecule has 6 heteroatoms. The van der Waals surface area contributed by atoms with Crippen molar-refractivity contribution in [1.82, 2.24) is 5.01 Å². The summed E-state index contributed by atoms with van der Waals surface area (Å²) in [6, 6.07) is 20.4. The topological polar surface area (TPSA) is 34.1 Å². The molecule has 2 atom stereocenters. The Morgan fingerprint density at radius 3 is 2.55 bits per heavy atom. The second-order valence-electron chi connectivity index (χ2n) is 7.08. The average Bonchev–Trinajstić information content (AvgIpc) is 3.20. The van der Waals surface area contributed by atoms with E-state index in [0.29, 0.717) is 0 Å². The van der Waals surface area contributed by atoms with Crippen LogP contribution in [0.3, 0.4) is 0 Å². The highest BCUT2D eigenvalue weighted by molar-refractivity contribution is 9.10. The van der Waals surface area contributed by atoms with E-state index in [1.165, 1.54) is 12.1 Å². The summed E-state index contributed by atoms with van der Waals surface area (Å²) >= 11 is 3.56. The molecule has 4 nitrogen and oxygen atoms in total. The predicted octanol–water partition coefficient (Wildman–Crippen LogP) is 5.84. The Labute approximate surface area is 176 Å². The molecule has 5 rings (SSSR count). The van der Waals surface area contributed by atoms with E-state index in [-0.39, 0.29) is 11.9 Å². The number of ether oxygens (including phenoxy) is 2. The second kappa shape index (κ2) is 7.19. The van der Waals surface area contributed by atoms with E-state index in [4.69, 9.17) is 14.6 Å². The molecule has 29 heavy (non-hydrogen) atoms. The number of nitrogens with zero attached hydrogens (tertiary/aromatic N) is 2. The van der Waals surface area contributed by atoms with E-state index in [9.17, 15) is 4.39 Å². The number of hydrogen-bond acceptors (Lipinski definition) is 4. The van der Waals surface area contributed by atoms with Crippen LogP contribution in [0, 0.1) is 5.82 Å². The van der Waals surface area contributed by atoms with E-state index in [1.54, 1.807) is 19.2 Å². The monoisotopic (exact) mass is 452 g/mol. The van der Waals surface area contributed by atoms with Crippen molar-refractivity contribution >= 4 is 21.6 Å². The van der Waals surface area contributed by atoms with E-state index in [0.717, 1.165) is 44.8 Å². The SMILES string of the molecule is COc1ccc(C2=NN3[C@@H](C2)c2cc(Br)ccc2O[C@H]3c2ccc(F)cc2)cc1. The van der Waals surface area contributed by atoms with Crippen molar-refractivity contribution in [1.29, 1.82) is 0 Å². The van der Waals surface area contributed by atoms with Crippen LogP contribution in [0.4, 0.5) is 4.39 Å². The van der Waals surface area contributed by atoms with Crippen LogP contribution in [0.25, 0.3) is 0 Å². The third-order valence-electron chi connectivity index (χ3n) is 5.33. The summed E-state index contributed by atoms with van der Waals surface area (Å²) in [5, 5.41) is 6.91. The van der Waals surface area contributed by atoms with Gasteiger partial charge in [0.2, 0.25) is 6.23 Å². The molecule has 0 saturated heterocycles. The highest BCUT2D eigenvalue weighted by Crippen LogP contribution is 2.48. The normalized spacial score (nSPS) is 19.8. The van der Waals surface area contributed by atoms with Crippen molar-refractivity contribution in [3.8, 4) is 11.5 Å². The van der Waals surface area contributed by atoms with Crippen LogP contribution in [0.5, 0.6) is 11.5 Å². The smallest absolute Gasteiger partial charge is 0.213 e. The lowest BCUT2D eigenvalue weighted by molar-refractivity contribution is -0.0191. The van der Waals surface area contributed by atoms with Gasteiger partial charge in [0.25, 0.3) is 0 Å². The zero-order chi connectivity index (χ0) is 20.0. The number of hydrazone groups is 1. The number of fused-ring (bicyclic) bond motifs is 3. The Kier molecular flexibility index (Phi) is 4.51. The Morgan fingerprint density at radius 2 is 1.83 bits per heavy atom. The minimum atomic E-state index is -0.412. The summed E-state index contributed by atoms with van der Waals surface area (Å²) in [6.07, 6.45) is 0.349. The van der Waals surface area contributed by atoms with Gasteiger partial charge in [0.15, 0.2) is 0 Å². The van der Waals surface area contributed by atoms with E-state index < -0.39 is 6.23 Å². The van der Waals surface area contributed by atoms with Crippen LogP contribution < -0.4 is 9.47 Å². The summed E-state index contributed by atoms with van der Waals surface area (Å²) in [6.45, 7) is 0. The van der Waals surface area contributed by atoms with Gasteiger partial charge in [0.05, 0.1) is 18.9 Å². The first-order valence-electron chi connectivity index (χ1n) is 9.34. The molecule has 3 aromatic carbocycles. The van der Waals surface area contributed by atoms with Crippen LogP contribution in [-0.2, 0) is 0 Å². The second-order valence-corrected chi connectivity index (χ2v) is 7.99. The number of benzene rings is 3. The molecule has 0 spiro atoms. The lowest BCUT2D eigenvalue weighted by atomic mass is 9.96. The van der Waals surface area contributed by atoms with E-state index in [2.05, 4.69) is 22.0 Å². The molecule has 2 aliphatic rings. The van der Waals surface area contributed by atoms with Gasteiger partial charge < -0.3 is 9.47 Å². The van der Waals surface area contributed by atoms with Gasteiger partial charge in [-0.2, -0.15) is 5.10 Å². The van der Waals surface area contributed by atoms with Crippen LogP contribution in [0.1, 0.15) is 35.4 Å². The van der Waals surface area contributed by atoms with Gasteiger partial charge in [-0.05, 0) is 60.2 Å². The van der Waals surface area contributed by atoms with Crippen LogP contribution >= 0.6 is 15.9 Å². The van der Waals surface area contributed by atoms with Gasteiger partial charge in [0.1, 0.15) is 17.3 Å². The summed E-state index contributed by atoms with van der Waals surface area (Å²) in [4.78, 5) is 0. The van der Waals surface area contributed by atoms with Crippen molar-refractivity contribution in [2.24, 2.45) is 5.10 Å². The van der Waals surface area contributed by atoms with Crippen molar-refractivity contribution in [3.63, 3.8) is 0 Å². The standard InChI is InChI=1S/C23H18BrFN2O2/c1-28-18-9-4-14(5-10-18)20-13-21-19-12-16(24)6-11-22(19)29-23(27(21)26-20)15-2-7-17(25)8-3-15/h2-12,21,23H,13H2,1H3/t21-,23-/m0/s1. The van der Waals surface area contributed by atoms with Crippen LogP contribution in [-0.4, -0.2) is 17.8 Å². The molecule has 0 amide bonds. The molecule has 0 aliphatic carbocycles. The lowest BCUT2D eigenvalue weighted by Gasteiger charge is -2.38. The van der Waals surface area contributed by atoms with Crippen molar-refractivity contribution in [2.75, 3.05) is 7.11 Å². The van der Waals surface area contributed by atoms with Gasteiger partial charge in [-0.3, -0.25) is 0 Å². The molecule has 0 radical (unpaired) electrons. The van der Waals surface area contributed by atoms with Gasteiger partial charge >= 0.3 is 0 Å². The minimum Gasteiger partial charge on any atom is -0.497 e. The number of methoxy groups -OCH3 is 1. The first kappa shape index (κ1) is 18.2. The fourth-order valence-electron chi connectivity index (χ4n) is 3.86. The summed E-state index contributed by atoms with van der Waals surface area (Å²) in [5.41, 5.74) is 3.99. The van der Waals surface area contributed by atoms with Gasteiger partial charge in [-0.1, -0.05) is 28.1 Å².